The van der Waals surface area contributed by atoms with Crippen LogP contribution in [0.4, 0.5) is 10.2 Å². The van der Waals surface area contributed by atoms with Gasteiger partial charge in [-0.05, 0) is 45.0 Å². The number of halogens is 1. The van der Waals surface area contributed by atoms with E-state index in [4.69, 9.17) is 0 Å². The van der Waals surface area contributed by atoms with Gasteiger partial charge in [-0.15, -0.1) is 5.10 Å². The van der Waals surface area contributed by atoms with Gasteiger partial charge in [0.2, 0.25) is 0 Å². The zero-order valence-electron chi connectivity index (χ0n) is 16.4. The van der Waals surface area contributed by atoms with E-state index in [0.717, 1.165) is 41.9 Å². The Hall–Kier alpha value is -2.98. The van der Waals surface area contributed by atoms with E-state index in [0.29, 0.717) is 11.2 Å². The van der Waals surface area contributed by atoms with E-state index in [-0.39, 0.29) is 12.0 Å². The second-order valence-corrected chi connectivity index (χ2v) is 7.35. The maximum Gasteiger partial charge on any atom is 0.182 e. The summed E-state index contributed by atoms with van der Waals surface area (Å²) in [5.74, 6) is 0.976. The number of aromatic nitrogens is 3. The largest absolute Gasteiger partial charge is 0.340 e. The standard InChI is InChI=1S/C21H23FN6/c1-14-16(13-23)20-24-17(12-22)25-28(20)21(19(14)15-8-5-4-6-9-15)27-11-7-10-18(27)26(2)3/h4-6,8-9,18H,7,10-12H2,1-3H3. The van der Waals surface area contributed by atoms with Gasteiger partial charge in [0.25, 0.3) is 0 Å². The first-order valence-electron chi connectivity index (χ1n) is 9.43. The van der Waals surface area contributed by atoms with E-state index < -0.39 is 6.67 Å². The molecule has 1 unspecified atom stereocenters. The van der Waals surface area contributed by atoms with E-state index in [1.54, 1.807) is 4.52 Å². The molecule has 1 aromatic carbocycles. The number of hydrogen-bond donors (Lipinski definition) is 0. The number of pyridine rings is 1. The Labute approximate surface area is 163 Å². The van der Waals surface area contributed by atoms with Gasteiger partial charge in [-0.1, -0.05) is 30.3 Å². The van der Waals surface area contributed by atoms with E-state index in [2.05, 4.69) is 40.0 Å². The molecule has 1 aliphatic rings. The number of alkyl halides is 1. The highest BCUT2D eigenvalue weighted by Gasteiger charge is 2.33. The Bertz CT molecular complexity index is 1050. The van der Waals surface area contributed by atoms with Crippen molar-refractivity contribution in [2.45, 2.75) is 32.6 Å². The van der Waals surface area contributed by atoms with Gasteiger partial charge in [0.05, 0.1) is 6.17 Å². The molecule has 0 spiro atoms. The maximum absolute atomic E-state index is 13.4. The molecule has 0 saturated carbocycles. The molecule has 0 N–H and O–H groups in total. The van der Waals surface area contributed by atoms with Crippen molar-refractivity contribution in [3.8, 4) is 17.2 Å². The molecule has 6 nitrogen and oxygen atoms in total. The van der Waals surface area contributed by atoms with Crippen LogP contribution in [0.5, 0.6) is 0 Å². The van der Waals surface area contributed by atoms with Gasteiger partial charge in [0, 0.05) is 12.1 Å². The van der Waals surface area contributed by atoms with Crippen molar-refractivity contribution in [1.29, 1.82) is 5.26 Å². The van der Waals surface area contributed by atoms with Crippen molar-refractivity contribution in [3.63, 3.8) is 0 Å². The number of anilines is 1. The molecule has 0 aliphatic carbocycles. The lowest BCUT2D eigenvalue weighted by atomic mass is 9.97. The van der Waals surface area contributed by atoms with E-state index in [1.807, 2.05) is 37.3 Å². The zero-order valence-corrected chi connectivity index (χ0v) is 16.4. The lowest BCUT2D eigenvalue weighted by Crippen LogP contribution is -2.41. The number of benzene rings is 1. The minimum absolute atomic E-state index is 0.1000. The highest BCUT2D eigenvalue weighted by atomic mass is 19.1. The van der Waals surface area contributed by atoms with Gasteiger partial charge in [-0.2, -0.15) is 9.78 Å². The fourth-order valence-electron chi connectivity index (χ4n) is 4.17. The molecule has 2 aromatic heterocycles. The molecule has 1 saturated heterocycles. The van der Waals surface area contributed by atoms with Crippen LogP contribution in [0, 0.1) is 18.3 Å². The molecule has 1 aliphatic heterocycles. The minimum atomic E-state index is -0.761. The van der Waals surface area contributed by atoms with Crippen LogP contribution in [0.1, 0.15) is 29.8 Å². The predicted molar refractivity (Wildman–Crippen MR) is 107 cm³/mol. The molecule has 4 rings (SSSR count). The van der Waals surface area contributed by atoms with Crippen LogP contribution in [0.3, 0.4) is 0 Å². The van der Waals surface area contributed by atoms with Gasteiger partial charge >= 0.3 is 0 Å². The number of fused-ring (bicyclic) bond motifs is 1. The van der Waals surface area contributed by atoms with Gasteiger partial charge in [0.1, 0.15) is 17.5 Å². The smallest absolute Gasteiger partial charge is 0.182 e. The van der Waals surface area contributed by atoms with Crippen LogP contribution in [-0.4, -0.2) is 46.3 Å². The summed E-state index contributed by atoms with van der Waals surface area (Å²) in [5, 5.41) is 14.2. The number of rotatable bonds is 4. The average molecular weight is 378 g/mol. The Morgan fingerprint density at radius 3 is 2.68 bits per heavy atom. The van der Waals surface area contributed by atoms with Crippen molar-refractivity contribution in [1.82, 2.24) is 19.5 Å². The number of hydrogen-bond acceptors (Lipinski definition) is 5. The van der Waals surface area contributed by atoms with Crippen molar-refractivity contribution < 1.29 is 4.39 Å². The van der Waals surface area contributed by atoms with Gasteiger partial charge < -0.3 is 4.90 Å². The second-order valence-electron chi connectivity index (χ2n) is 7.35. The first-order chi connectivity index (χ1) is 13.6. The summed E-state index contributed by atoms with van der Waals surface area (Å²) >= 11 is 0. The molecule has 0 radical (unpaired) electrons. The molecule has 7 heteroatoms. The normalized spacial score (nSPS) is 16.9. The van der Waals surface area contributed by atoms with Crippen molar-refractivity contribution in [3.05, 3.63) is 47.3 Å². The van der Waals surface area contributed by atoms with Gasteiger partial charge in [-0.25, -0.2) is 9.37 Å². The number of nitriles is 1. The molecule has 1 atom stereocenters. The Morgan fingerprint density at radius 1 is 1.29 bits per heavy atom. The number of nitrogens with zero attached hydrogens (tertiary/aromatic N) is 6. The van der Waals surface area contributed by atoms with Crippen LogP contribution in [0.15, 0.2) is 30.3 Å². The Kier molecular flexibility index (Phi) is 4.73. The van der Waals surface area contributed by atoms with E-state index in [1.165, 1.54) is 0 Å². The molecule has 1 fully saturated rings. The van der Waals surface area contributed by atoms with Crippen molar-refractivity contribution >= 4 is 11.5 Å². The molecule has 3 heterocycles. The first kappa shape index (κ1) is 18.4. The van der Waals surface area contributed by atoms with Crippen LogP contribution in [-0.2, 0) is 6.67 Å². The summed E-state index contributed by atoms with van der Waals surface area (Å²) in [6.45, 7) is 2.05. The van der Waals surface area contributed by atoms with Crippen LogP contribution in [0.2, 0.25) is 0 Å². The van der Waals surface area contributed by atoms with Gasteiger partial charge in [-0.3, -0.25) is 4.90 Å². The third kappa shape index (κ3) is 2.81. The molecular weight excluding hydrogens is 355 g/mol. The summed E-state index contributed by atoms with van der Waals surface area (Å²) in [4.78, 5) is 8.81. The highest BCUT2D eigenvalue weighted by molar-refractivity contribution is 5.85. The van der Waals surface area contributed by atoms with Crippen LogP contribution >= 0.6 is 0 Å². The molecular formula is C21H23FN6. The zero-order chi connectivity index (χ0) is 19.8. The summed E-state index contributed by atoms with van der Waals surface area (Å²) < 4.78 is 15.1. The highest BCUT2D eigenvalue weighted by Crippen LogP contribution is 2.40. The summed E-state index contributed by atoms with van der Waals surface area (Å²) in [6.07, 6.45) is 2.30. The summed E-state index contributed by atoms with van der Waals surface area (Å²) in [5.41, 5.74) is 3.67. The SMILES string of the molecule is Cc1c(-c2ccccc2)c(N2CCCC2N(C)C)n2nc(CF)nc2c1C#N. The lowest BCUT2D eigenvalue weighted by Gasteiger charge is -2.33. The fourth-order valence-corrected chi connectivity index (χ4v) is 4.17. The van der Waals surface area contributed by atoms with E-state index in [9.17, 15) is 9.65 Å². The van der Waals surface area contributed by atoms with E-state index >= 15 is 0 Å². The van der Waals surface area contributed by atoms with Gasteiger partial charge in [0.15, 0.2) is 18.1 Å². The molecule has 0 bridgehead atoms. The molecule has 3 aromatic rings. The molecule has 144 valence electrons. The van der Waals surface area contributed by atoms with Crippen LogP contribution < -0.4 is 4.90 Å². The monoisotopic (exact) mass is 378 g/mol. The topological polar surface area (TPSA) is 60.5 Å². The predicted octanol–water partition coefficient (Wildman–Crippen LogP) is 3.53. The maximum atomic E-state index is 13.4. The van der Waals surface area contributed by atoms with Crippen molar-refractivity contribution in [2.75, 3.05) is 25.5 Å². The summed E-state index contributed by atoms with van der Waals surface area (Å²) in [7, 11) is 4.13. The van der Waals surface area contributed by atoms with Crippen molar-refractivity contribution in [2.24, 2.45) is 0 Å². The Morgan fingerprint density at radius 2 is 2.04 bits per heavy atom. The third-order valence-electron chi connectivity index (χ3n) is 5.43. The fraction of sp³-hybridized carbons (Fsp3) is 0.381. The molecule has 28 heavy (non-hydrogen) atoms. The third-order valence-corrected chi connectivity index (χ3v) is 5.43. The quantitative estimate of drug-likeness (QED) is 0.695. The first-order valence-corrected chi connectivity index (χ1v) is 9.43. The second kappa shape index (κ2) is 7.21. The average Bonchev–Trinajstić information content (AvgIpc) is 3.35. The minimum Gasteiger partial charge on any atom is -0.340 e. The summed E-state index contributed by atoms with van der Waals surface area (Å²) in [6, 6.07) is 12.3. The Balaban J connectivity index is 2.11. The molecule has 0 amide bonds. The van der Waals surface area contributed by atoms with Crippen LogP contribution in [0.25, 0.3) is 16.8 Å². The lowest BCUT2D eigenvalue weighted by molar-refractivity contribution is 0.299.